The predicted octanol–water partition coefficient (Wildman–Crippen LogP) is 2.60. The van der Waals surface area contributed by atoms with Crippen LogP contribution in [0.1, 0.15) is 12.5 Å². The van der Waals surface area contributed by atoms with Gasteiger partial charge in [0.15, 0.2) is 0 Å². The number of rotatable bonds is 10. The second kappa shape index (κ2) is 10.7. The molecule has 0 heterocycles. The molecule has 1 atom stereocenters. The van der Waals surface area contributed by atoms with Crippen LogP contribution >= 0.6 is 11.6 Å². The minimum Gasteiger partial charge on any atom is -0.491 e. The van der Waals surface area contributed by atoms with Gasteiger partial charge >= 0.3 is 5.97 Å². The number of benzene rings is 2. The Balaban J connectivity index is 1.81. The SMILES string of the molecule is COC(=O)C(C)(COc1ccccc1)NCC(=O)NCCc1ccc(Cl)cc1. The molecule has 0 aliphatic rings. The molecule has 0 radical (unpaired) electrons. The van der Waals surface area contributed by atoms with Crippen molar-refractivity contribution in [1.82, 2.24) is 10.6 Å². The van der Waals surface area contributed by atoms with Crippen molar-refractivity contribution in [2.24, 2.45) is 0 Å². The summed E-state index contributed by atoms with van der Waals surface area (Å²) in [7, 11) is 1.30. The number of halogens is 1. The van der Waals surface area contributed by atoms with Gasteiger partial charge in [-0.3, -0.25) is 10.1 Å². The lowest BCUT2D eigenvalue weighted by atomic mass is 10.0. The van der Waals surface area contributed by atoms with Crippen LogP contribution in [-0.2, 0) is 20.7 Å². The summed E-state index contributed by atoms with van der Waals surface area (Å²) in [5.41, 5.74) is -0.0775. The molecule has 0 saturated heterocycles. The first-order valence-electron chi connectivity index (χ1n) is 8.95. The Morgan fingerprint density at radius 2 is 1.75 bits per heavy atom. The molecule has 7 heteroatoms. The summed E-state index contributed by atoms with van der Waals surface area (Å²) in [6, 6.07) is 16.6. The Morgan fingerprint density at radius 3 is 2.39 bits per heavy atom. The zero-order valence-electron chi connectivity index (χ0n) is 16.0. The minimum absolute atomic E-state index is 0.0295. The van der Waals surface area contributed by atoms with Crippen molar-refractivity contribution >= 4 is 23.5 Å². The fraction of sp³-hybridized carbons (Fsp3) is 0.333. The Bertz CT molecular complexity index is 768. The van der Waals surface area contributed by atoms with E-state index in [0.717, 1.165) is 5.56 Å². The van der Waals surface area contributed by atoms with E-state index < -0.39 is 11.5 Å². The van der Waals surface area contributed by atoms with Gasteiger partial charge in [0.25, 0.3) is 0 Å². The smallest absolute Gasteiger partial charge is 0.329 e. The van der Waals surface area contributed by atoms with Crippen LogP contribution < -0.4 is 15.4 Å². The fourth-order valence-corrected chi connectivity index (χ4v) is 2.61. The Hall–Kier alpha value is -2.57. The predicted molar refractivity (Wildman–Crippen MR) is 109 cm³/mol. The highest BCUT2D eigenvalue weighted by Gasteiger charge is 2.35. The number of esters is 1. The molecule has 0 aliphatic heterocycles. The zero-order valence-corrected chi connectivity index (χ0v) is 16.8. The molecule has 2 N–H and O–H groups in total. The summed E-state index contributed by atoms with van der Waals surface area (Å²) in [6.45, 7) is 2.12. The lowest BCUT2D eigenvalue weighted by Crippen LogP contribution is -2.57. The summed E-state index contributed by atoms with van der Waals surface area (Å²) in [6.07, 6.45) is 0.689. The molecule has 28 heavy (non-hydrogen) atoms. The van der Waals surface area contributed by atoms with Gasteiger partial charge < -0.3 is 14.8 Å². The van der Waals surface area contributed by atoms with E-state index in [0.29, 0.717) is 23.7 Å². The maximum absolute atomic E-state index is 12.2. The molecular formula is C21H25ClN2O4. The van der Waals surface area contributed by atoms with E-state index in [1.807, 2.05) is 42.5 Å². The minimum atomic E-state index is -1.15. The molecular weight excluding hydrogens is 380 g/mol. The molecule has 0 saturated carbocycles. The summed E-state index contributed by atoms with van der Waals surface area (Å²) in [5, 5.41) is 6.44. The van der Waals surface area contributed by atoms with Crippen LogP contribution in [0.5, 0.6) is 5.75 Å². The molecule has 0 spiro atoms. The van der Waals surface area contributed by atoms with Gasteiger partial charge in [-0.15, -0.1) is 0 Å². The Kier molecular flexibility index (Phi) is 8.29. The standard InChI is InChI=1S/C21H25ClN2O4/c1-21(20(26)27-2,15-28-18-6-4-3-5-7-18)24-14-19(25)23-13-12-16-8-10-17(22)11-9-16/h3-11,24H,12-15H2,1-2H3,(H,23,25). The van der Waals surface area contributed by atoms with Crippen LogP contribution in [0.4, 0.5) is 0 Å². The van der Waals surface area contributed by atoms with E-state index in [1.165, 1.54) is 7.11 Å². The van der Waals surface area contributed by atoms with Crippen LogP contribution in [0.2, 0.25) is 5.02 Å². The average molecular weight is 405 g/mol. The summed E-state index contributed by atoms with van der Waals surface area (Å²) < 4.78 is 10.5. The molecule has 150 valence electrons. The van der Waals surface area contributed by atoms with Gasteiger partial charge in [0.1, 0.15) is 17.9 Å². The number of hydrogen-bond donors (Lipinski definition) is 2. The highest BCUT2D eigenvalue weighted by molar-refractivity contribution is 6.30. The second-order valence-electron chi connectivity index (χ2n) is 6.51. The second-order valence-corrected chi connectivity index (χ2v) is 6.94. The van der Waals surface area contributed by atoms with Crippen molar-refractivity contribution in [2.75, 3.05) is 26.8 Å². The molecule has 2 aromatic carbocycles. The van der Waals surface area contributed by atoms with Crippen LogP contribution in [0, 0.1) is 0 Å². The molecule has 0 bridgehead atoms. The van der Waals surface area contributed by atoms with Crippen molar-refractivity contribution in [3.8, 4) is 5.75 Å². The highest BCUT2D eigenvalue weighted by Crippen LogP contribution is 2.13. The number of ether oxygens (including phenoxy) is 2. The van der Waals surface area contributed by atoms with Crippen LogP contribution in [0.3, 0.4) is 0 Å². The van der Waals surface area contributed by atoms with Gasteiger partial charge in [-0.2, -0.15) is 0 Å². The normalized spacial score (nSPS) is 12.7. The topological polar surface area (TPSA) is 76.7 Å². The number of nitrogens with one attached hydrogen (secondary N) is 2. The summed E-state index contributed by atoms with van der Waals surface area (Å²) >= 11 is 5.86. The number of amides is 1. The molecule has 1 unspecified atom stereocenters. The van der Waals surface area contributed by atoms with Crippen LogP contribution in [0.25, 0.3) is 0 Å². The first kappa shape index (κ1) is 21.7. The molecule has 2 rings (SSSR count). The zero-order chi connectivity index (χ0) is 20.4. The van der Waals surface area contributed by atoms with Gasteiger partial charge in [0, 0.05) is 11.6 Å². The maximum Gasteiger partial charge on any atom is 0.329 e. The van der Waals surface area contributed by atoms with E-state index in [2.05, 4.69) is 10.6 Å². The van der Waals surface area contributed by atoms with Gasteiger partial charge in [-0.25, -0.2) is 4.79 Å². The number of carbonyl (C=O) groups excluding carboxylic acids is 2. The fourth-order valence-electron chi connectivity index (χ4n) is 2.49. The molecule has 0 fully saturated rings. The maximum atomic E-state index is 12.2. The van der Waals surface area contributed by atoms with Crippen LogP contribution in [0.15, 0.2) is 54.6 Å². The number of methoxy groups -OCH3 is 1. The van der Waals surface area contributed by atoms with Gasteiger partial charge in [-0.05, 0) is 43.2 Å². The summed E-state index contributed by atoms with van der Waals surface area (Å²) in [4.78, 5) is 24.3. The Morgan fingerprint density at radius 1 is 1.07 bits per heavy atom. The van der Waals surface area contributed by atoms with E-state index in [-0.39, 0.29) is 19.1 Å². The first-order chi connectivity index (χ1) is 13.4. The molecule has 2 aromatic rings. The van der Waals surface area contributed by atoms with E-state index >= 15 is 0 Å². The number of hydrogen-bond acceptors (Lipinski definition) is 5. The third kappa shape index (κ3) is 6.87. The third-order valence-corrected chi connectivity index (χ3v) is 4.45. The van der Waals surface area contributed by atoms with Crippen molar-refractivity contribution < 1.29 is 19.1 Å². The molecule has 1 amide bonds. The van der Waals surface area contributed by atoms with Crippen molar-refractivity contribution in [3.63, 3.8) is 0 Å². The largest absolute Gasteiger partial charge is 0.491 e. The molecule has 6 nitrogen and oxygen atoms in total. The van der Waals surface area contributed by atoms with Crippen LogP contribution in [-0.4, -0.2) is 44.2 Å². The molecule has 0 aromatic heterocycles. The summed E-state index contributed by atoms with van der Waals surface area (Å²) in [5.74, 6) is -0.0898. The lowest BCUT2D eigenvalue weighted by molar-refractivity contribution is -0.149. The van der Waals surface area contributed by atoms with E-state index in [4.69, 9.17) is 21.1 Å². The monoisotopic (exact) mass is 404 g/mol. The number of para-hydroxylation sites is 1. The van der Waals surface area contributed by atoms with E-state index in [9.17, 15) is 9.59 Å². The lowest BCUT2D eigenvalue weighted by Gasteiger charge is -2.27. The first-order valence-corrected chi connectivity index (χ1v) is 9.33. The highest BCUT2D eigenvalue weighted by atomic mass is 35.5. The van der Waals surface area contributed by atoms with Crippen molar-refractivity contribution in [2.45, 2.75) is 18.9 Å². The van der Waals surface area contributed by atoms with Gasteiger partial charge in [-0.1, -0.05) is 41.9 Å². The molecule has 0 aliphatic carbocycles. The van der Waals surface area contributed by atoms with Crippen molar-refractivity contribution in [1.29, 1.82) is 0 Å². The van der Waals surface area contributed by atoms with Crippen molar-refractivity contribution in [3.05, 3.63) is 65.2 Å². The van der Waals surface area contributed by atoms with E-state index in [1.54, 1.807) is 19.1 Å². The Labute approximate surface area is 170 Å². The quantitative estimate of drug-likeness (QED) is 0.595. The van der Waals surface area contributed by atoms with Gasteiger partial charge in [0.2, 0.25) is 5.91 Å². The average Bonchev–Trinajstić information content (AvgIpc) is 2.72. The third-order valence-electron chi connectivity index (χ3n) is 4.19. The van der Waals surface area contributed by atoms with Gasteiger partial charge in [0.05, 0.1) is 13.7 Å². The number of carbonyl (C=O) groups is 2.